The molecule has 1 N–H and O–H groups in total. The molecule has 27 heavy (non-hydrogen) atoms. The van der Waals surface area contributed by atoms with E-state index >= 15 is 0 Å². The Balaban J connectivity index is 1.83. The van der Waals surface area contributed by atoms with Gasteiger partial charge in [-0.15, -0.1) is 0 Å². The molecule has 0 aromatic heterocycles. The predicted molar refractivity (Wildman–Crippen MR) is 96.4 cm³/mol. The standard InChI is InChI=1S/C16H18N2O7S2/c1-26-10-13(19)17-8-9-25-15(21)7-6-14(20)18-16(22)11-4-2-3-5-12(11)27(18,23)24/h2-5H,6-10H2,1H3,(H,17,19). The van der Waals surface area contributed by atoms with E-state index < -0.39 is 34.2 Å². The fraction of sp³-hybridized carbons (Fsp3) is 0.375. The summed E-state index contributed by atoms with van der Waals surface area (Å²) in [5.41, 5.74) is -0.0746. The van der Waals surface area contributed by atoms with Crippen LogP contribution in [-0.2, 0) is 29.1 Å². The van der Waals surface area contributed by atoms with Crippen molar-refractivity contribution < 1.29 is 32.3 Å². The number of thioether (sulfide) groups is 1. The molecule has 0 spiro atoms. The first-order valence-corrected chi connectivity index (χ1v) is 10.7. The molecule has 9 nitrogen and oxygen atoms in total. The molecule has 0 fully saturated rings. The van der Waals surface area contributed by atoms with Crippen LogP contribution < -0.4 is 5.32 Å². The second kappa shape index (κ2) is 9.00. The lowest BCUT2D eigenvalue weighted by molar-refractivity contribution is -0.145. The second-order valence-corrected chi connectivity index (χ2v) is 8.09. The van der Waals surface area contributed by atoms with E-state index in [0.717, 1.165) is 0 Å². The lowest BCUT2D eigenvalue weighted by Crippen LogP contribution is -2.36. The third kappa shape index (κ3) is 4.86. The number of nitrogens with one attached hydrogen (secondary N) is 1. The number of imide groups is 1. The first-order chi connectivity index (χ1) is 12.8. The molecule has 0 atom stereocenters. The zero-order chi connectivity index (χ0) is 20.0. The van der Waals surface area contributed by atoms with Crippen molar-refractivity contribution in [3.63, 3.8) is 0 Å². The van der Waals surface area contributed by atoms with E-state index in [1.807, 2.05) is 0 Å². The first kappa shape index (κ1) is 20.9. The molecule has 0 saturated carbocycles. The van der Waals surface area contributed by atoms with Crippen molar-refractivity contribution in [1.29, 1.82) is 0 Å². The Labute approximate surface area is 160 Å². The van der Waals surface area contributed by atoms with Crippen LogP contribution in [0.15, 0.2) is 29.2 Å². The topological polar surface area (TPSA) is 127 Å². The van der Waals surface area contributed by atoms with Crippen molar-refractivity contribution in [1.82, 2.24) is 9.62 Å². The molecule has 0 aliphatic carbocycles. The number of sulfonamides is 1. The van der Waals surface area contributed by atoms with Gasteiger partial charge < -0.3 is 10.1 Å². The fourth-order valence-electron chi connectivity index (χ4n) is 2.35. The number of esters is 1. The Hall–Kier alpha value is -2.40. The van der Waals surface area contributed by atoms with Gasteiger partial charge in [0.05, 0.1) is 24.3 Å². The van der Waals surface area contributed by atoms with Gasteiger partial charge in [0.25, 0.3) is 15.9 Å². The van der Waals surface area contributed by atoms with Gasteiger partial charge in [-0.1, -0.05) is 12.1 Å². The molecule has 0 saturated heterocycles. The van der Waals surface area contributed by atoms with Crippen LogP contribution in [0, 0.1) is 0 Å². The molecule has 1 aromatic carbocycles. The highest BCUT2D eigenvalue weighted by Crippen LogP contribution is 2.30. The van der Waals surface area contributed by atoms with Crippen molar-refractivity contribution >= 4 is 45.5 Å². The molecule has 2 rings (SSSR count). The average Bonchev–Trinajstić information content (AvgIpc) is 2.83. The van der Waals surface area contributed by atoms with Crippen molar-refractivity contribution in [3.05, 3.63) is 29.8 Å². The summed E-state index contributed by atoms with van der Waals surface area (Å²) in [7, 11) is -4.25. The molecule has 1 aliphatic rings. The Morgan fingerprint density at radius 3 is 2.56 bits per heavy atom. The quantitative estimate of drug-likeness (QED) is 0.471. The normalized spacial score (nSPS) is 14.6. The van der Waals surface area contributed by atoms with Gasteiger partial charge in [0.1, 0.15) is 11.5 Å². The molecule has 0 unspecified atom stereocenters. The Bertz CT molecular complexity index is 867. The number of benzene rings is 1. The number of ether oxygens (including phenoxy) is 1. The monoisotopic (exact) mass is 414 g/mol. The zero-order valence-electron chi connectivity index (χ0n) is 14.5. The summed E-state index contributed by atoms with van der Waals surface area (Å²) in [6, 6.07) is 5.51. The van der Waals surface area contributed by atoms with Crippen molar-refractivity contribution in [3.8, 4) is 0 Å². The predicted octanol–water partition coefficient (Wildman–Crippen LogP) is 0.160. The number of nitrogens with zero attached hydrogens (tertiary/aromatic N) is 1. The van der Waals surface area contributed by atoms with Crippen molar-refractivity contribution in [2.75, 3.05) is 25.2 Å². The van der Waals surface area contributed by atoms with Crippen LogP contribution in [0.2, 0.25) is 0 Å². The van der Waals surface area contributed by atoms with Gasteiger partial charge in [-0.3, -0.25) is 19.2 Å². The summed E-state index contributed by atoms with van der Waals surface area (Å²) in [6.07, 6.45) is 0.907. The van der Waals surface area contributed by atoms with Gasteiger partial charge in [0, 0.05) is 6.42 Å². The van der Waals surface area contributed by atoms with E-state index in [0.29, 0.717) is 5.75 Å². The van der Waals surface area contributed by atoms with Crippen LogP contribution >= 0.6 is 11.8 Å². The molecular formula is C16H18N2O7S2. The van der Waals surface area contributed by atoms with Crippen LogP contribution in [0.3, 0.4) is 0 Å². The van der Waals surface area contributed by atoms with Crippen LogP contribution in [0.4, 0.5) is 0 Å². The van der Waals surface area contributed by atoms with Gasteiger partial charge in [0.15, 0.2) is 0 Å². The maximum atomic E-state index is 12.3. The molecule has 0 radical (unpaired) electrons. The lowest BCUT2D eigenvalue weighted by atomic mass is 10.2. The summed E-state index contributed by atoms with van der Waals surface area (Å²) >= 11 is 1.35. The van der Waals surface area contributed by atoms with Gasteiger partial charge in [-0.25, -0.2) is 8.42 Å². The molecule has 11 heteroatoms. The minimum absolute atomic E-state index is 0.0699. The van der Waals surface area contributed by atoms with E-state index in [1.165, 1.54) is 36.0 Å². The Morgan fingerprint density at radius 1 is 1.19 bits per heavy atom. The highest BCUT2D eigenvalue weighted by molar-refractivity contribution is 7.99. The summed E-state index contributed by atoms with van der Waals surface area (Å²) in [4.78, 5) is 47.0. The van der Waals surface area contributed by atoms with E-state index in [1.54, 1.807) is 6.26 Å². The van der Waals surface area contributed by atoms with Gasteiger partial charge in [0.2, 0.25) is 11.8 Å². The molecular weight excluding hydrogens is 396 g/mol. The molecule has 1 heterocycles. The Morgan fingerprint density at radius 2 is 1.89 bits per heavy atom. The third-order valence-electron chi connectivity index (χ3n) is 3.55. The SMILES string of the molecule is CSCC(=O)NCCOC(=O)CCC(=O)N1C(=O)c2ccccc2S1(=O)=O. The maximum Gasteiger partial charge on any atom is 0.306 e. The molecule has 146 valence electrons. The second-order valence-electron chi connectivity index (χ2n) is 5.47. The molecule has 0 bridgehead atoms. The van der Waals surface area contributed by atoms with E-state index in [4.69, 9.17) is 4.74 Å². The van der Waals surface area contributed by atoms with Gasteiger partial charge >= 0.3 is 5.97 Å². The van der Waals surface area contributed by atoms with Crippen LogP contribution in [0.5, 0.6) is 0 Å². The average molecular weight is 414 g/mol. The Kier molecular flexibility index (Phi) is 6.97. The number of hydrogen-bond donors (Lipinski definition) is 1. The highest BCUT2D eigenvalue weighted by Gasteiger charge is 2.44. The molecule has 3 amide bonds. The summed E-state index contributed by atoms with van der Waals surface area (Å²) in [5, 5.41) is 2.54. The lowest BCUT2D eigenvalue weighted by Gasteiger charge is -2.12. The zero-order valence-corrected chi connectivity index (χ0v) is 16.1. The molecule has 1 aromatic rings. The van der Waals surface area contributed by atoms with Crippen molar-refractivity contribution in [2.45, 2.75) is 17.7 Å². The van der Waals surface area contributed by atoms with Gasteiger partial charge in [-0.05, 0) is 18.4 Å². The van der Waals surface area contributed by atoms with Crippen LogP contribution in [0.25, 0.3) is 0 Å². The van der Waals surface area contributed by atoms with E-state index in [9.17, 15) is 27.6 Å². The summed E-state index contributed by atoms with van der Waals surface area (Å²) in [5.74, 6) is -2.56. The summed E-state index contributed by atoms with van der Waals surface area (Å²) in [6.45, 7) is 0.0624. The number of rotatable bonds is 8. The number of fused-ring (bicyclic) bond motifs is 1. The van der Waals surface area contributed by atoms with E-state index in [-0.39, 0.29) is 40.2 Å². The maximum absolute atomic E-state index is 12.3. The minimum Gasteiger partial charge on any atom is -0.464 e. The number of carbonyl (C=O) groups is 4. The minimum atomic E-state index is -4.25. The summed E-state index contributed by atoms with van der Waals surface area (Å²) < 4.78 is 29.7. The number of carbonyl (C=O) groups excluding carboxylic acids is 4. The smallest absolute Gasteiger partial charge is 0.306 e. The number of amides is 3. The van der Waals surface area contributed by atoms with E-state index in [2.05, 4.69) is 5.32 Å². The third-order valence-corrected chi connectivity index (χ3v) is 5.87. The highest BCUT2D eigenvalue weighted by atomic mass is 32.2. The van der Waals surface area contributed by atoms with Crippen LogP contribution in [0.1, 0.15) is 23.2 Å². The fourth-order valence-corrected chi connectivity index (χ4v) is 4.27. The van der Waals surface area contributed by atoms with Crippen molar-refractivity contribution in [2.24, 2.45) is 0 Å². The number of hydrogen-bond acceptors (Lipinski definition) is 8. The van der Waals surface area contributed by atoms with Gasteiger partial charge in [-0.2, -0.15) is 16.1 Å². The first-order valence-electron chi connectivity index (χ1n) is 7.92. The molecule has 1 aliphatic heterocycles. The van der Waals surface area contributed by atoms with Crippen LogP contribution in [-0.4, -0.2) is 61.6 Å². The largest absolute Gasteiger partial charge is 0.464 e.